The van der Waals surface area contributed by atoms with E-state index in [1.54, 1.807) is 13.8 Å². The summed E-state index contributed by atoms with van der Waals surface area (Å²) in [6.45, 7) is 3.45. The molecule has 0 aliphatic rings. The van der Waals surface area contributed by atoms with E-state index in [4.69, 9.17) is 5.73 Å². The van der Waals surface area contributed by atoms with Crippen LogP contribution in [0.3, 0.4) is 0 Å². The highest BCUT2D eigenvalue weighted by molar-refractivity contribution is 14.1. The van der Waals surface area contributed by atoms with Crippen LogP contribution >= 0.6 is 22.6 Å². The van der Waals surface area contributed by atoms with E-state index in [1.165, 1.54) is 28.7 Å². The molecule has 0 atom stereocenters. The molecule has 0 bridgehead atoms. The minimum atomic E-state index is -3.35. The fraction of sp³-hybridized carbons (Fsp3) is 0.400. The van der Waals surface area contributed by atoms with Gasteiger partial charge < -0.3 is 5.73 Å². The number of nitrogen functional groups attached to an aromatic ring is 1. The first-order valence-corrected chi connectivity index (χ1v) is 14.2. The van der Waals surface area contributed by atoms with Crippen molar-refractivity contribution in [3.05, 3.63) is 62.2 Å². The van der Waals surface area contributed by atoms with Crippen LogP contribution in [0.15, 0.2) is 24.3 Å². The molecule has 2 N–H and O–H groups in total. The number of rotatable bonds is 8. The monoisotopic (exact) mass is 609 g/mol. The third-order valence-electron chi connectivity index (χ3n) is 4.10. The fourth-order valence-electron chi connectivity index (χ4n) is 2.64. The van der Waals surface area contributed by atoms with Crippen molar-refractivity contribution in [3.63, 3.8) is 0 Å². The number of hydrogen-bond donors (Lipinski definition) is 1. The summed E-state index contributed by atoms with van der Waals surface area (Å²) in [5.41, 5.74) is 4.43. The van der Waals surface area contributed by atoms with Crippen LogP contribution in [-0.2, 0) is 31.2 Å². The summed E-state index contributed by atoms with van der Waals surface area (Å²) in [6, 6.07) is 4.34. The average molecular weight is 609 g/mol. The Morgan fingerprint density at radius 2 is 1.16 bits per heavy atom. The number of hydrogen-bond acceptors (Lipinski definition) is 5. The van der Waals surface area contributed by atoms with Crippen molar-refractivity contribution in [2.75, 3.05) is 17.2 Å². The molecule has 0 saturated carbocycles. The molecule has 0 aliphatic heterocycles. The van der Waals surface area contributed by atoms with Gasteiger partial charge in [0.1, 0.15) is 23.1 Å². The summed E-state index contributed by atoms with van der Waals surface area (Å²) >= 11 is 1.52. The molecule has 0 radical (unpaired) electrons. The second-order valence-corrected chi connectivity index (χ2v) is 12.4. The van der Waals surface area contributed by atoms with Crippen LogP contribution in [0, 0.1) is 26.8 Å². The van der Waals surface area contributed by atoms with E-state index >= 15 is 0 Å². The SMILES string of the molecule is CCCS(=O)(=O)Cc1ccc(F)c(I)c1F.CCCS(=O)(=O)Cc1ccc(F)c(N)c1F. The van der Waals surface area contributed by atoms with Crippen LogP contribution in [0.25, 0.3) is 0 Å². The van der Waals surface area contributed by atoms with E-state index in [0.717, 1.165) is 18.2 Å². The highest BCUT2D eigenvalue weighted by atomic mass is 127. The maximum absolute atomic E-state index is 13.5. The molecule has 2 aromatic carbocycles. The van der Waals surface area contributed by atoms with Crippen molar-refractivity contribution in [1.29, 1.82) is 0 Å². The summed E-state index contributed by atoms with van der Waals surface area (Å²) in [7, 11) is -6.66. The minimum absolute atomic E-state index is 0.0143. The van der Waals surface area contributed by atoms with Gasteiger partial charge in [-0.2, -0.15) is 0 Å². The molecule has 32 heavy (non-hydrogen) atoms. The zero-order valence-electron chi connectivity index (χ0n) is 17.5. The van der Waals surface area contributed by atoms with Crippen molar-refractivity contribution in [2.24, 2.45) is 0 Å². The maximum Gasteiger partial charge on any atom is 0.154 e. The highest BCUT2D eigenvalue weighted by Crippen LogP contribution is 2.22. The summed E-state index contributed by atoms with van der Waals surface area (Å²) in [6.07, 6.45) is 0.947. The number of sulfone groups is 2. The summed E-state index contributed by atoms with van der Waals surface area (Å²) in [5, 5.41) is 0. The van der Waals surface area contributed by atoms with Gasteiger partial charge in [-0.3, -0.25) is 0 Å². The molecule has 0 saturated heterocycles. The van der Waals surface area contributed by atoms with Crippen LogP contribution in [0.1, 0.15) is 37.8 Å². The second kappa shape index (κ2) is 12.2. The number of benzene rings is 2. The molecule has 180 valence electrons. The van der Waals surface area contributed by atoms with Gasteiger partial charge in [0.25, 0.3) is 0 Å². The van der Waals surface area contributed by atoms with Crippen molar-refractivity contribution in [2.45, 2.75) is 38.2 Å². The van der Waals surface area contributed by atoms with E-state index in [1.807, 2.05) is 0 Å². The Balaban J connectivity index is 0.000000320. The highest BCUT2D eigenvalue weighted by Gasteiger charge is 2.18. The van der Waals surface area contributed by atoms with Gasteiger partial charge in [-0.05, 0) is 47.6 Å². The molecule has 0 unspecified atom stereocenters. The number of anilines is 1. The Bertz CT molecular complexity index is 1070. The van der Waals surface area contributed by atoms with Crippen molar-refractivity contribution >= 4 is 48.0 Å². The van der Waals surface area contributed by atoms with Gasteiger partial charge in [-0.25, -0.2) is 34.4 Å². The lowest BCUT2D eigenvalue weighted by Gasteiger charge is -2.06. The van der Waals surface area contributed by atoms with Crippen LogP contribution in [0.2, 0.25) is 0 Å². The number of nitrogens with two attached hydrogens (primary N) is 1. The van der Waals surface area contributed by atoms with Crippen LogP contribution in [0.4, 0.5) is 23.2 Å². The molecule has 0 aliphatic carbocycles. The lowest BCUT2D eigenvalue weighted by atomic mass is 10.2. The maximum atomic E-state index is 13.5. The minimum Gasteiger partial charge on any atom is -0.394 e. The van der Waals surface area contributed by atoms with Gasteiger partial charge >= 0.3 is 0 Å². The first-order valence-electron chi connectivity index (χ1n) is 9.50. The molecule has 12 heteroatoms. The van der Waals surface area contributed by atoms with Crippen molar-refractivity contribution < 1.29 is 34.4 Å². The second-order valence-electron chi connectivity index (χ2n) is 6.95. The Kier molecular flexibility index (Phi) is 10.9. The Morgan fingerprint density at radius 1 is 0.750 bits per heavy atom. The summed E-state index contributed by atoms with van der Waals surface area (Å²) in [5.74, 6) is -4.15. The molecule has 2 aromatic rings. The number of halogens is 5. The van der Waals surface area contributed by atoms with E-state index in [9.17, 15) is 34.4 Å². The predicted molar refractivity (Wildman–Crippen MR) is 125 cm³/mol. The molecule has 0 aromatic heterocycles. The molecule has 0 fully saturated rings. The van der Waals surface area contributed by atoms with Gasteiger partial charge in [-0.1, -0.05) is 26.0 Å². The van der Waals surface area contributed by atoms with Crippen LogP contribution < -0.4 is 5.73 Å². The van der Waals surface area contributed by atoms with E-state index in [-0.39, 0.29) is 32.0 Å². The smallest absolute Gasteiger partial charge is 0.154 e. The van der Waals surface area contributed by atoms with Gasteiger partial charge in [0.15, 0.2) is 25.5 Å². The van der Waals surface area contributed by atoms with Crippen molar-refractivity contribution in [3.8, 4) is 0 Å². The Labute approximate surface area is 199 Å². The van der Waals surface area contributed by atoms with Crippen LogP contribution in [0.5, 0.6) is 0 Å². The Morgan fingerprint density at radius 3 is 1.59 bits per heavy atom. The summed E-state index contributed by atoms with van der Waals surface area (Å²) < 4.78 is 98.4. The molecule has 0 spiro atoms. The van der Waals surface area contributed by atoms with Gasteiger partial charge in [0.2, 0.25) is 0 Å². The molecular formula is C20H24F4INO4S2. The lowest BCUT2D eigenvalue weighted by Crippen LogP contribution is -2.11. The van der Waals surface area contributed by atoms with Crippen LogP contribution in [-0.4, -0.2) is 28.3 Å². The van der Waals surface area contributed by atoms with Gasteiger partial charge in [-0.15, -0.1) is 0 Å². The standard InChI is InChI=1S/C10H11F2IO2S.C10H13F2NO2S/c2*1-2-5-16(14,15)6-7-3-4-8(11)10(13)9(7)12/h3-4H,2,5-6H2,1H3;3-4H,2,5-6,13H2,1H3. The molecule has 0 amide bonds. The molecule has 2 rings (SSSR count). The van der Waals surface area contributed by atoms with E-state index < -0.39 is 54.4 Å². The van der Waals surface area contributed by atoms with E-state index in [2.05, 4.69) is 0 Å². The molecular weight excluding hydrogens is 585 g/mol. The van der Waals surface area contributed by atoms with E-state index in [0.29, 0.717) is 12.8 Å². The normalized spacial score (nSPS) is 11.7. The average Bonchev–Trinajstić information content (AvgIpc) is 2.69. The molecule has 0 heterocycles. The largest absolute Gasteiger partial charge is 0.394 e. The zero-order valence-corrected chi connectivity index (χ0v) is 21.3. The topological polar surface area (TPSA) is 94.3 Å². The van der Waals surface area contributed by atoms with Gasteiger partial charge in [0.05, 0.1) is 26.6 Å². The predicted octanol–water partition coefficient (Wildman–Crippen LogP) is 4.77. The van der Waals surface area contributed by atoms with Gasteiger partial charge in [0, 0.05) is 11.1 Å². The fourth-order valence-corrected chi connectivity index (χ4v) is 6.10. The first kappa shape index (κ1) is 28.6. The third kappa shape index (κ3) is 8.50. The third-order valence-corrected chi connectivity index (χ3v) is 8.65. The Hall–Kier alpha value is -1.41. The molecule has 5 nitrogen and oxygen atoms in total. The van der Waals surface area contributed by atoms with Crippen molar-refractivity contribution in [1.82, 2.24) is 0 Å². The lowest BCUT2D eigenvalue weighted by molar-refractivity contribution is 0.558. The zero-order chi connectivity index (χ0) is 24.7. The first-order chi connectivity index (χ1) is 14.7. The quantitative estimate of drug-likeness (QED) is 0.202. The summed E-state index contributed by atoms with van der Waals surface area (Å²) in [4.78, 5) is 0.